The topological polar surface area (TPSA) is 54.5 Å². The summed E-state index contributed by atoms with van der Waals surface area (Å²) in [7, 11) is 3.52. The lowest BCUT2D eigenvalue weighted by atomic mass is 10.2. The summed E-state index contributed by atoms with van der Waals surface area (Å²) in [6.45, 7) is 0.946. The molecule has 0 radical (unpaired) electrons. The smallest absolute Gasteiger partial charge is 0.239 e. The van der Waals surface area contributed by atoms with Crippen LogP contribution in [0, 0.1) is 0 Å². The standard InChI is InChI=1S/C16H18ClN3O2/c1-20(10-12-3-6-14(22-2)7-4-12)11-16(21)19-15-8-5-13(17)9-18-15/h3-9H,10-11H2,1-2H3,(H,18,19,21). The fourth-order valence-electron chi connectivity index (χ4n) is 1.98. The van der Waals surface area contributed by atoms with E-state index in [4.69, 9.17) is 16.3 Å². The van der Waals surface area contributed by atoms with Crippen molar-refractivity contribution in [2.45, 2.75) is 6.54 Å². The molecule has 0 bridgehead atoms. The first-order valence-electron chi connectivity index (χ1n) is 6.79. The Morgan fingerprint density at radius 2 is 2.00 bits per heavy atom. The van der Waals surface area contributed by atoms with Crippen LogP contribution in [0.1, 0.15) is 5.56 Å². The number of nitrogens with zero attached hydrogens (tertiary/aromatic N) is 2. The Labute approximate surface area is 134 Å². The predicted molar refractivity (Wildman–Crippen MR) is 87.2 cm³/mol. The van der Waals surface area contributed by atoms with Gasteiger partial charge in [-0.3, -0.25) is 9.69 Å². The number of carbonyl (C=O) groups excluding carboxylic acids is 1. The van der Waals surface area contributed by atoms with Gasteiger partial charge in [-0.1, -0.05) is 23.7 Å². The van der Waals surface area contributed by atoms with Crippen molar-refractivity contribution in [1.29, 1.82) is 0 Å². The molecule has 6 heteroatoms. The van der Waals surface area contributed by atoms with Gasteiger partial charge in [-0.05, 0) is 36.9 Å². The van der Waals surface area contributed by atoms with E-state index in [1.807, 2.05) is 36.2 Å². The molecular weight excluding hydrogens is 302 g/mol. The summed E-state index contributed by atoms with van der Waals surface area (Å²) in [6, 6.07) is 11.1. The third-order valence-corrected chi connectivity index (χ3v) is 3.24. The molecule has 0 unspecified atom stereocenters. The summed E-state index contributed by atoms with van der Waals surface area (Å²) in [6.07, 6.45) is 1.50. The van der Waals surface area contributed by atoms with E-state index in [1.54, 1.807) is 19.2 Å². The number of halogens is 1. The van der Waals surface area contributed by atoms with Gasteiger partial charge in [0.05, 0.1) is 18.7 Å². The zero-order chi connectivity index (χ0) is 15.9. The summed E-state index contributed by atoms with van der Waals surface area (Å²) in [5, 5.41) is 3.27. The number of likely N-dealkylation sites (N-methyl/N-ethyl adjacent to an activating group) is 1. The molecule has 1 N–H and O–H groups in total. The Morgan fingerprint density at radius 3 is 2.59 bits per heavy atom. The van der Waals surface area contributed by atoms with Gasteiger partial charge < -0.3 is 10.1 Å². The van der Waals surface area contributed by atoms with Crippen LogP contribution < -0.4 is 10.1 Å². The van der Waals surface area contributed by atoms with Crippen LogP contribution >= 0.6 is 11.6 Å². The second-order valence-electron chi connectivity index (χ2n) is 4.93. The predicted octanol–water partition coefficient (Wildman–Crippen LogP) is 2.81. The molecule has 22 heavy (non-hydrogen) atoms. The summed E-state index contributed by atoms with van der Waals surface area (Å²) in [5.74, 6) is 1.19. The summed E-state index contributed by atoms with van der Waals surface area (Å²) >= 11 is 5.75. The van der Waals surface area contributed by atoms with Crippen molar-refractivity contribution in [2.75, 3.05) is 26.0 Å². The van der Waals surface area contributed by atoms with Crippen LogP contribution in [-0.4, -0.2) is 36.5 Å². The van der Waals surface area contributed by atoms with Crippen molar-refractivity contribution in [3.05, 3.63) is 53.2 Å². The maximum Gasteiger partial charge on any atom is 0.239 e. The largest absolute Gasteiger partial charge is 0.497 e. The molecule has 0 saturated heterocycles. The molecule has 0 aliphatic rings. The highest BCUT2D eigenvalue weighted by Crippen LogP contribution is 2.13. The fraction of sp³-hybridized carbons (Fsp3) is 0.250. The SMILES string of the molecule is COc1ccc(CN(C)CC(=O)Nc2ccc(Cl)cn2)cc1. The summed E-state index contributed by atoms with van der Waals surface area (Å²) in [4.78, 5) is 17.9. The second-order valence-corrected chi connectivity index (χ2v) is 5.37. The minimum absolute atomic E-state index is 0.120. The summed E-state index contributed by atoms with van der Waals surface area (Å²) < 4.78 is 5.12. The van der Waals surface area contributed by atoms with Gasteiger partial charge in [0.1, 0.15) is 11.6 Å². The number of pyridine rings is 1. The van der Waals surface area contributed by atoms with E-state index in [0.29, 0.717) is 17.4 Å². The third kappa shape index (κ3) is 5.02. The van der Waals surface area contributed by atoms with Crippen LogP contribution in [0.2, 0.25) is 5.02 Å². The Hall–Kier alpha value is -2.11. The van der Waals surface area contributed by atoms with Crippen molar-refractivity contribution < 1.29 is 9.53 Å². The van der Waals surface area contributed by atoms with Gasteiger partial charge in [-0.2, -0.15) is 0 Å². The highest BCUT2D eigenvalue weighted by Gasteiger charge is 2.08. The molecule has 0 saturated carbocycles. The van der Waals surface area contributed by atoms with Gasteiger partial charge in [0, 0.05) is 12.7 Å². The molecule has 0 aliphatic heterocycles. The molecule has 0 atom stereocenters. The van der Waals surface area contributed by atoms with Crippen molar-refractivity contribution in [3.63, 3.8) is 0 Å². The molecule has 0 spiro atoms. The molecule has 1 aromatic heterocycles. The third-order valence-electron chi connectivity index (χ3n) is 3.02. The minimum Gasteiger partial charge on any atom is -0.497 e. The van der Waals surface area contributed by atoms with Gasteiger partial charge in [-0.15, -0.1) is 0 Å². The first-order chi connectivity index (χ1) is 10.6. The monoisotopic (exact) mass is 319 g/mol. The number of carbonyl (C=O) groups is 1. The van der Waals surface area contributed by atoms with Crippen LogP contribution in [0.4, 0.5) is 5.82 Å². The van der Waals surface area contributed by atoms with E-state index in [0.717, 1.165) is 11.3 Å². The Morgan fingerprint density at radius 1 is 1.27 bits per heavy atom. The lowest BCUT2D eigenvalue weighted by molar-refractivity contribution is -0.117. The van der Waals surface area contributed by atoms with Gasteiger partial charge in [0.2, 0.25) is 5.91 Å². The number of ether oxygens (including phenoxy) is 1. The average Bonchev–Trinajstić information content (AvgIpc) is 2.50. The Kier molecular flexibility index (Phi) is 5.75. The molecule has 5 nitrogen and oxygen atoms in total. The normalized spacial score (nSPS) is 10.5. The van der Waals surface area contributed by atoms with Crippen molar-refractivity contribution in [3.8, 4) is 5.75 Å². The number of anilines is 1. The number of benzene rings is 1. The van der Waals surface area contributed by atoms with Crippen LogP contribution in [0.3, 0.4) is 0 Å². The zero-order valence-corrected chi connectivity index (χ0v) is 13.3. The van der Waals surface area contributed by atoms with E-state index in [9.17, 15) is 4.79 Å². The molecule has 0 aliphatic carbocycles. The van der Waals surface area contributed by atoms with Crippen molar-refractivity contribution in [1.82, 2.24) is 9.88 Å². The number of hydrogen-bond donors (Lipinski definition) is 1. The highest BCUT2D eigenvalue weighted by atomic mass is 35.5. The van der Waals surface area contributed by atoms with Crippen LogP contribution in [0.25, 0.3) is 0 Å². The van der Waals surface area contributed by atoms with Gasteiger partial charge in [-0.25, -0.2) is 4.98 Å². The molecule has 1 amide bonds. The van der Waals surface area contributed by atoms with Crippen LogP contribution in [0.15, 0.2) is 42.6 Å². The average molecular weight is 320 g/mol. The van der Waals surface area contributed by atoms with E-state index in [2.05, 4.69) is 10.3 Å². The molecule has 1 heterocycles. The van der Waals surface area contributed by atoms with Crippen LogP contribution in [0.5, 0.6) is 5.75 Å². The van der Waals surface area contributed by atoms with Gasteiger partial charge in [0.25, 0.3) is 0 Å². The molecule has 2 aromatic rings. The maximum atomic E-state index is 12.0. The second kappa shape index (κ2) is 7.77. The lowest BCUT2D eigenvalue weighted by Gasteiger charge is -2.16. The molecule has 0 fully saturated rings. The van der Waals surface area contributed by atoms with E-state index in [-0.39, 0.29) is 12.5 Å². The van der Waals surface area contributed by atoms with E-state index < -0.39 is 0 Å². The van der Waals surface area contributed by atoms with Gasteiger partial charge >= 0.3 is 0 Å². The van der Waals surface area contributed by atoms with Crippen molar-refractivity contribution >= 4 is 23.3 Å². The van der Waals surface area contributed by atoms with Crippen LogP contribution in [-0.2, 0) is 11.3 Å². The molecule has 2 rings (SSSR count). The van der Waals surface area contributed by atoms with Crippen molar-refractivity contribution in [2.24, 2.45) is 0 Å². The Balaban J connectivity index is 1.83. The number of methoxy groups -OCH3 is 1. The van der Waals surface area contributed by atoms with E-state index >= 15 is 0 Å². The Bertz CT molecular complexity index is 614. The first kappa shape index (κ1) is 16.3. The number of aromatic nitrogens is 1. The fourth-order valence-corrected chi connectivity index (χ4v) is 2.09. The molecular formula is C16H18ClN3O2. The highest BCUT2D eigenvalue weighted by molar-refractivity contribution is 6.30. The number of rotatable bonds is 6. The first-order valence-corrected chi connectivity index (χ1v) is 7.17. The lowest BCUT2D eigenvalue weighted by Crippen LogP contribution is -2.30. The van der Waals surface area contributed by atoms with E-state index in [1.165, 1.54) is 6.20 Å². The minimum atomic E-state index is -0.120. The summed E-state index contributed by atoms with van der Waals surface area (Å²) in [5.41, 5.74) is 1.11. The number of hydrogen-bond acceptors (Lipinski definition) is 4. The number of amides is 1. The zero-order valence-electron chi connectivity index (χ0n) is 12.5. The quantitative estimate of drug-likeness (QED) is 0.889. The number of nitrogens with one attached hydrogen (secondary N) is 1. The molecule has 116 valence electrons. The van der Waals surface area contributed by atoms with Gasteiger partial charge in [0.15, 0.2) is 0 Å². The molecule has 1 aromatic carbocycles. The maximum absolute atomic E-state index is 12.0.